The molecule has 138 valence electrons. The summed E-state index contributed by atoms with van der Waals surface area (Å²) >= 11 is 0. The molecule has 1 aliphatic carbocycles. The van der Waals surface area contributed by atoms with E-state index in [0.717, 1.165) is 24.8 Å². The molecule has 0 spiro atoms. The summed E-state index contributed by atoms with van der Waals surface area (Å²) in [6, 6.07) is 18.6. The molecule has 5 rings (SSSR count). The lowest BCUT2D eigenvalue weighted by molar-refractivity contribution is 0.213. The average Bonchev–Trinajstić information content (AvgIpc) is 3.32. The topological polar surface area (TPSA) is 53.6 Å². The lowest BCUT2D eigenvalue weighted by Crippen LogP contribution is -2.18. The maximum Gasteiger partial charge on any atom is 0.0902 e. The van der Waals surface area contributed by atoms with Crippen LogP contribution in [-0.2, 0) is 19.4 Å². The highest BCUT2D eigenvalue weighted by Crippen LogP contribution is 2.37. The molecule has 0 radical (unpaired) electrons. The van der Waals surface area contributed by atoms with E-state index < -0.39 is 0 Å². The number of benzene rings is 3. The van der Waals surface area contributed by atoms with Gasteiger partial charge in [-0.05, 0) is 81.6 Å². The van der Waals surface area contributed by atoms with E-state index in [0.29, 0.717) is 5.92 Å². The quantitative estimate of drug-likeness (QED) is 0.502. The van der Waals surface area contributed by atoms with E-state index in [1.54, 1.807) is 12.5 Å². The first-order valence-electron chi connectivity index (χ1n) is 9.45. The molecule has 0 saturated heterocycles. The fraction of sp³-hybridized carbons (Fsp3) is 0.250. The zero-order valence-corrected chi connectivity index (χ0v) is 15.3. The minimum absolute atomic E-state index is 0.0707. The molecule has 0 fully saturated rings. The van der Waals surface area contributed by atoms with Crippen LogP contribution >= 0.6 is 0 Å². The van der Waals surface area contributed by atoms with Crippen molar-refractivity contribution in [1.29, 1.82) is 0 Å². The summed E-state index contributed by atoms with van der Waals surface area (Å²) < 4.78 is 4.58. The van der Waals surface area contributed by atoms with Gasteiger partial charge < -0.3 is 14.6 Å². The molecule has 0 aliphatic heterocycles. The van der Waals surface area contributed by atoms with E-state index in [4.69, 9.17) is 0 Å². The molecular weight excluding hydrogens is 336 g/mol. The van der Waals surface area contributed by atoms with Gasteiger partial charge in [-0.2, -0.15) is 0 Å². The predicted molar refractivity (Wildman–Crippen MR) is 109 cm³/mol. The number of furan rings is 1. The summed E-state index contributed by atoms with van der Waals surface area (Å²) in [5, 5.41) is 24.2. The summed E-state index contributed by atoms with van der Waals surface area (Å²) in [5.41, 5.74) is 3.73. The molecule has 1 aliphatic rings. The minimum Gasteiger partial charge on any atom is -0.473 e. The van der Waals surface area contributed by atoms with Crippen LogP contribution in [0, 0.1) is 5.92 Å². The fourth-order valence-electron chi connectivity index (χ4n) is 4.16. The molecule has 1 heterocycles. The number of fused-ring (bicyclic) bond motifs is 5. The Balaban J connectivity index is 0.000000314. The highest BCUT2D eigenvalue weighted by Gasteiger charge is 2.21. The normalized spacial score (nSPS) is 16.0. The second-order valence-corrected chi connectivity index (χ2v) is 7.13. The zero-order valence-electron chi connectivity index (χ0n) is 15.3. The van der Waals surface area contributed by atoms with Crippen LogP contribution in [0.4, 0.5) is 0 Å². The molecule has 0 amide bonds. The Morgan fingerprint density at radius 3 is 2.44 bits per heavy atom. The summed E-state index contributed by atoms with van der Waals surface area (Å²) in [6.45, 7) is 0.337. The third kappa shape index (κ3) is 3.48. The zero-order chi connectivity index (χ0) is 18.6. The van der Waals surface area contributed by atoms with Crippen molar-refractivity contribution in [2.24, 2.45) is 5.92 Å². The van der Waals surface area contributed by atoms with E-state index in [-0.39, 0.29) is 13.2 Å². The first-order chi connectivity index (χ1) is 13.3. The average molecular weight is 360 g/mol. The number of aryl methyl sites for hydroxylation is 1. The van der Waals surface area contributed by atoms with Crippen LogP contribution < -0.4 is 0 Å². The molecule has 27 heavy (non-hydrogen) atoms. The summed E-state index contributed by atoms with van der Waals surface area (Å²) in [7, 11) is 0. The molecule has 1 unspecified atom stereocenters. The Kier molecular flexibility index (Phi) is 5.23. The third-order valence-corrected chi connectivity index (χ3v) is 5.48. The SMILES string of the molecule is OCc1cc2ccccc2c2ccc3c(c12)CCC(CO)C3.c1ccoc1. The highest BCUT2D eigenvalue weighted by atomic mass is 16.3. The predicted octanol–water partition coefficient (Wildman–Crippen LogP) is 4.86. The number of rotatable bonds is 2. The van der Waals surface area contributed by atoms with E-state index in [1.165, 1.54) is 32.7 Å². The number of hydrogen-bond acceptors (Lipinski definition) is 3. The Labute approximate surface area is 158 Å². The Bertz CT molecular complexity index is 1020. The van der Waals surface area contributed by atoms with Gasteiger partial charge in [0.2, 0.25) is 0 Å². The van der Waals surface area contributed by atoms with Crippen LogP contribution in [0.15, 0.2) is 71.5 Å². The van der Waals surface area contributed by atoms with Crippen LogP contribution in [0.2, 0.25) is 0 Å². The maximum absolute atomic E-state index is 9.85. The van der Waals surface area contributed by atoms with Crippen molar-refractivity contribution >= 4 is 21.5 Å². The fourth-order valence-corrected chi connectivity index (χ4v) is 4.16. The molecule has 3 heteroatoms. The van der Waals surface area contributed by atoms with E-state index in [1.807, 2.05) is 18.2 Å². The van der Waals surface area contributed by atoms with Crippen molar-refractivity contribution in [3.8, 4) is 0 Å². The number of aliphatic hydroxyl groups is 2. The second kappa shape index (κ2) is 7.95. The summed E-state index contributed by atoms with van der Waals surface area (Å²) in [5.74, 6) is 0.378. The van der Waals surface area contributed by atoms with Gasteiger partial charge in [0.05, 0.1) is 19.1 Å². The van der Waals surface area contributed by atoms with Crippen molar-refractivity contribution in [2.75, 3.05) is 6.61 Å². The van der Waals surface area contributed by atoms with Crippen molar-refractivity contribution < 1.29 is 14.6 Å². The van der Waals surface area contributed by atoms with Crippen LogP contribution in [0.3, 0.4) is 0 Å². The third-order valence-electron chi connectivity index (χ3n) is 5.48. The molecule has 3 nitrogen and oxygen atoms in total. The summed E-state index contributed by atoms with van der Waals surface area (Å²) in [4.78, 5) is 0. The van der Waals surface area contributed by atoms with E-state index >= 15 is 0 Å². The van der Waals surface area contributed by atoms with Gasteiger partial charge in [-0.3, -0.25) is 0 Å². The van der Waals surface area contributed by atoms with Crippen molar-refractivity contribution in [2.45, 2.75) is 25.9 Å². The van der Waals surface area contributed by atoms with E-state index in [2.05, 4.69) is 40.8 Å². The molecule has 2 N–H and O–H groups in total. The van der Waals surface area contributed by atoms with Gasteiger partial charge >= 0.3 is 0 Å². The van der Waals surface area contributed by atoms with Gasteiger partial charge in [0.15, 0.2) is 0 Å². The van der Waals surface area contributed by atoms with Gasteiger partial charge in [0.1, 0.15) is 0 Å². The summed E-state index contributed by atoms with van der Waals surface area (Å²) in [6.07, 6.45) is 6.21. The number of hydrogen-bond donors (Lipinski definition) is 2. The van der Waals surface area contributed by atoms with Crippen molar-refractivity contribution in [1.82, 2.24) is 0 Å². The molecule has 0 saturated carbocycles. The second-order valence-electron chi connectivity index (χ2n) is 7.13. The Hall–Kier alpha value is -2.62. The number of aliphatic hydroxyl groups excluding tert-OH is 2. The first kappa shape index (κ1) is 17.8. The maximum atomic E-state index is 9.85. The Morgan fingerprint density at radius 1 is 0.926 bits per heavy atom. The van der Waals surface area contributed by atoms with Gasteiger partial charge in [-0.25, -0.2) is 0 Å². The lowest BCUT2D eigenvalue weighted by atomic mass is 9.80. The highest BCUT2D eigenvalue weighted by molar-refractivity contribution is 6.10. The first-order valence-corrected chi connectivity index (χ1v) is 9.45. The lowest BCUT2D eigenvalue weighted by Gasteiger charge is -2.25. The molecule has 4 aromatic rings. The van der Waals surface area contributed by atoms with Crippen LogP contribution in [-0.4, -0.2) is 16.8 Å². The smallest absolute Gasteiger partial charge is 0.0902 e. The standard InChI is InChI=1S/C20H20O2.C4H4O/c21-11-13-5-7-18-15(9-13)6-8-19-17-4-2-1-3-14(17)10-16(12-22)20(18)19;1-2-4-5-3-1/h1-4,6,8,10,13,21-22H,5,7,9,11-12H2;1-4H. The van der Waals surface area contributed by atoms with E-state index in [9.17, 15) is 10.2 Å². The van der Waals surface area contributed by atoms with Gasteiger partial charge in [-0.15, -0.1) is 0 Å². The van der Waals surface area contributed by atoms with Gasteiger partial charge in [0.25, 0.3) is 0 Å². The monoisotopic (exact) mass is 360 g/mol. The van der Waals surface area contributed by atoms with Gasteiger partial charge in [-0.1, -0.05) is 36.4 Å². The van der Waals surface area contributed by atoms with Crippen LogP contribution in [0.25, 0.3) is 21.5 Å². The molecule has 1 aromatic heterocycles. The van der Waals surface area contributed by atoms with Crippen molar-refractivity contribution in [3.05, 3.63) is 83.8 Å². The van der Waals surface area contributed by atoms with Crippen molar-refractivity contribution in [3.63, 3.8) is 0 Å². The van der Waals surface area contributed by atoms with Crippen LogP contribution in [0.5, 0.6) is 0 Å². The Morgan fingerprint density at radius 2 is 1.74 bits per heavy atom. The largest absolute Gasteiger partial charge is 0.473 e. The molecule has 0 bridgehead atoms. The van der Waals surface area contributed by atoms with Gasteiger partial charge in [0, 0.05) is 6.61 Å². The molecule has 1 atom stereocenters. The molecule has 3 aromatic carbocycles. The van der Waals surface area contributed by atoms with Crippen LogP contribution in [0.1, 0.15) is 23.1 Å². The minimum atomic E-state index is 0.0707. The molecular formula is C24H24O3.